The van der Waals surface area contributed by atoms with Gasteiger partial charge in [-0.3, -0.25) is 9.59 Å². The van der Waals surface area contributed by atoms with Crippen molar-refractivity contribution in [3.05, 3.63) is 44.5 Å². The number of benzene rings is 1. The van der Waals surface area contributed by atoms with Crippen LogP contribution in [0.25, 0.3) is 22.1 Å². The minimum atomic E-state index is -0.296. The fraction of sp³-hybridized carbons (Fsp3) is 0.476. The predicted molar refractivity (Wildman–Crippen MR) is 122 cm³/mol. The Morgan fingerprint density at radius 3 is 2.75 bits per heavy atom. The summed E-state index contributed by atoms with van der Waals surface area (Å²) in [4.78, 5) is 33.5. The summed E-state index contributed by atoms with van der Waals surface area (Å²) in [5.74, 6) is 0.644. The minimum Gasteiger partial charge on any atom is -0.341 e. The van der Waals surface area contributed by atoms with Crippen LogP contribution >= 0.6 is 0 Å². The van der Waals surface area contributed by atoms with Gasteiger partial charge in [0.2, 0.25) is 5.95 Å². The van der Waals surface area contributed by atoms with Crippen LogP contribution in [-0.4, -0.2) is 53.0 Å². The Hall–Kier alpha value is -3.47. The highest BCUT2D eigenvalue weighted by molar-refractivity contribution is 5.77. The zero-order valence-corrected chi connectivity index (χ0v) is 18.5. The summed E-state index contributed by atoms with van der Waals surface area (Å²) in [5.41, 5.74) is 8.66. The Morgan fingerprint density at radius 2 is 2.00 bits per heavy atom. The number of hydrogen-bond acceptors (Lipinski definition) is 7. The summed E-state index contributed by atoms with van der Waals surface area (Å²) in [7, 11) is 3.43. The largest absolute Gasteiger partial charge is 0.341 e. The van der Waals surface area contributed by atoms with Gasteiger partial charge in [0.05, 0.1) is 12.1 Å². The van der Waals surface area contributed by atoms with Crippen LogP contribution < -0.4 is 21.8 Å². The number of piperidine rings is 1. The van der Waals surface area contributed by atoms with E-state index >= 15 is 0 Å². The zero-order valence-electron chi connectivity index (χ0n) is 18.5. The second-order valence-corrected chi connectivity index (χ2v) is 8.43. The van der Waals surface area contributed by atoms with E-state index in [1.165, 1.54) is 9.36 Å². The lowest BCUT2D eigenvalue weighted by Crippen LogP contribution is -2.44. The zero-order chi connectivity index (χ0) is 22.6. The van der Waals surface area contributed by atoms with Gasteiger partial charge in [-0.2, -0.15) is 0 Å². The van der Waals surface area contributed by atoms with E-state index in [1.807, 2.05) is 36.7 Å². The van der Waals surface area contributed by atoms with Gasteiger partial charge >= 0.3 is 0 Å². The summed E-state index contributed by atoms with van der Waals surface area (Å²) < 4.78 is 6.35. The van der Waals surface area contributed by atoms with Crippen molar-refractivity contribution in [1.29, 1.82) is 0 Å². The van der Waals surface area contributed by atoms with E-state index in [-0.39, 0.29) is 29.2 Å². The maximum atomic E-state index is 13.6. The second kappa shape index (κ2) is 7.59. The highest BCUT2D eigenvalue weighted by Gasteiger charge is 2.26. The minimum absolute atomic E-state index is 0.0596. The lowest BCUT2D eigenvalue weighted by molar-refractivity contribution is 0.493. The van der Waals surface area contributed by atoms with Crippen molar-refractivity contribution in [3.63, 3.8) is 0 Å². The molecule has 1 atom stereocenters. The van der Waals surface area contributed by atoms with Crippen molar-refractivity contribution in [3.8, 4) is 0 Å². The van der Waals surface area contributed by atoms with E-state index < -0.39 is 0 Å². The van der Waals surface area contributed by atoms with Crippen LogP contribution in [0.5, 0.6) is 0 Å². The molecule has 0 saturated carbocycles. The van der Waals surface area contributed by atoms with Gasteiger partial charge in [-0.15, -0.1) is 5.10 Å². The van der Waals surface area contributed by atoms with Gasteiger partial charge in [0.15, 0.2) is 5.52 Å². The van der Waals surface area contributed by atoms with Crippen molar-refractivity contribution in [1.82, 2.24) is 33.9 Å². The Balaban J connectivity index is 1.65. The molecule has 1 unspecified atom stereocenters. The summed E-state index contributed by atoms with van der Waals surface area (Å²) in [6, 6.07) is 5.79. The number of nitrogens with zero attached hydrogens (tertiary/aromatic N) is 8. The molecule has 168 valence electrons. The number of aryl methyl sites for hydroxylation is 2. The Morgan fingerprint density at radius 1 is 1.19 bits per heavy atom. The number of imidazole rings is 1. The number of hydrogen-bond donors (Lipinski definition) is 1. The molecular formula is C21H27N9O2. The fourth-order valence-corrected chi connectivity index (χ4v) is 4.60. The molecular weight excluding hydrogens is 410 g/mol. The fourth-order valence-electron chi connectivity index (χ4n) is 4.60. The van der Waals surface area contributed by atoms with Gasteiger partial charge in [-0.05, 0) is 37.5 Å². The second-order valence-electron chi connectivity index (χ2n) is 8.43. The number of rotatable bonds is 4. The van der Waals surface area contributed by atoms with Crippen molar-refractivity contribution < 1.29 is 0 Å². The van der Waals surface area contributed by atoms with E-state index in [2.05, 4.69) is 20.2 Å². The van der Waals surface area contributed by atoms with Crippen molar-refractivity contribution in [2.45, 2.75) is 38.9 Å². The van der Waals surface area contributed by atoms with E-state index in [0.29, 0.717) is 24.6 Å². The molecule has 0 spiro atoms. The molecule has 0 aliphatic carbocycles. The maximum Gasteiger partial charge on any atom is 0.293 e. The first-order valence-corrected chi connectivity index (χ1v) is 10.9. The predicted octanol–water partition coefficient (Wildman–Crippen LogP) is 0.174. The van der Waals surface area contributed by atoms with Gasteiger partial charge in [-0.25, -0.2) is 19.0 Å². The quantitative estimate of drug-likeness (QED) is 0.483. The molecule has 0 radical (unpaired) electrons. The number of nitrogens with two attached hydrogens (primary N) is 1. The van der Waals surface area contributed by atoms with Gasteiger partial charge < -0.3 is 15.2 Å². The average Bonchev–Trinajstić information content (AvgIpc) is 3.36. The molecule has 0 amide bonds. The lowest BCUT2D eigenvalue weighted by atomic mass is 10.1. The van der Waals surface area contributed by atoms with Crippen molar-refractivity contribution in [2.75, 3.05) is 18.0 Å². The Bertz CT molecular complexity index is 1440. The number of anilines is 1. The standard InChI is InChI=1S/C21H27N9O2/c1-4-29-18-17(23-21(29)28-9-5-6-14(22)12-28)19(31)27(3)30(20(18)32)11-13-7-8-16-15(10-13)24-25-26(16)2/h7-8,10,14H,4-6,9,11-12,22H2,1-3H3. The van der Waals surface area contributed by atoms with Crippen LogP contribution in [0.3, 0.4) is 0 Å². The average molecular weight is 438 g/mol. The number of aromatic nitrogens is 7. The van der Waals surface area contributed by atoms with Crippen LogP contribution in [0, 0.1) is 0 Å². The summed E-state index contributed by atoms with van der Waals surface area (Å²) in [5, 5.41) is 8.18. The lowest BCUT2D eigenvalue weighted by Gasteiger charge is -2.31. The van der Waals surface area contributed by atoms with Crippen LogP contribution in [0.4, 0.5) is 5.95 Å². The first-order chi connectivity index (χ1) is 15.4. The van der Waals surface area contributed by atoms with Gasteiger partial charge in [-0.1, -0.05) is 11.3 Å². The third-order valence-corrected chi connectivity index (χ3v) is 6.31. The highest BCUT2D eigenvalue weighted by atomic mass is 16.2. The summed E-state index contributed by atoms with van der Waals surface area (Å²) >= 11 is 0. The highest BCUT2D eigenvalue weighted by Crippen LogP contribution is 2.22. The summed E-state index contributed by atoms with van der Waals surface area (Å²) in [6.07, 6.45) is 1.93. The van der Waals surface area contributed by atoms with Crippen LogP contribution in [0.2, 0.25) is 0 Å². The van der Waals surface area contributed by atoms with Crippen LogP contribution in [0.15, 0.2) is 27.8 Å². The molecule has 11 heteroatoms. The Kier molecular flexibility index (Phi) is 4.85. The molecule has 3 aromatic heterocycles. The molecule has 32 heavy (non-hydrogen) atoms. The first kappa shape index (κ1) is 20.4. The molecule has 0 bridgehead atoms. The normalized spacial score (nSPS) is 17.0. The third-order valence-electron chi connectivity index (χ3n) is 6.31. The van der Waals surface area contributed by atoms with Crippen LogP contribution in [0.1, 0.15) is 25.3 Å². The van der Waals surface area contributed by atoms with E-state index in [4.69, 9.17) is 5.73 Å². The van der Waals surface area contributed by atoms with Crippen LogP contribution in [-0.2, 0) is 27.2 Å². The Labute approximate surface area is 183 Å². The molecule has 1 saturated heterocycles. The van der Waals surface area contributed by atoms with Gasteiger partial charge in [0.25, 0.3) is 11.1 Å². The number of fused-ring (bicyclic) bond motifs is 2. The SMILES string of the molecule is CCn1c(N2CCCC(N)C2)nc2c(=O)n(C)n(Cc3ccc4c(c3)nnn4C)c(=O)c21. The van der Waals surface area contributed by atoms with E-state index in [1.54, 1.807) is 11.7 Å². The van der Waals surface area contributed by atoms with Gasteiger partial charge in [0, 0.05) is 39.8 Å². The molecule has 1 aliphatic rings. The van der Waals surface area contributed by atoms with Crippen molar-refractivity contribution in [2.24, 2.45) is 19.8 Å². The first-order valence-electron chi connectivity index (χ1n) is 10.9. The topological polar surface area (TPSA) is 122 Å². The van der Waals surface area contributed by atoms with Crippen molar-refractivity contribution >= 4 is 28.0 Å². The maximum absolute atomic E-state index is 13.6. The molecule has 4 aromatic rings. The third kappa shape index (κ3) is 3.11. The van der Waals surface area contributed by atoms with E-state index in [9.17, 15) is 9.59 Å². The monoisotopic (exact) mass is 437 g/mol. The van der Waals surface area contributed by atoms with E-state index in [0.717, 1.165) is 36.0 Å². The molecule has 11 nitrogen and oxygen atoms in total. The molecule has 1 aromatic carbocycles. The molecule has 2 N–H and O–H groups in total. The van der Waals surface area contributed by atoms with Gasteiger partial charge in [0.1, 0.15) is 11.0 Å². The summed E-state index contributed by atoms with van der Waals surface area (Å²) in [6.45, 7) is 4.20. The molecule has 5 rings (SSSR count). The smallest absolute Gasteiger partial charge is 0.293 e. The molecule has 1 fully saturated rings. The molecule has 1 aliphatic heterocycles. The molecule has 4 heterocycles.